The van der Waals surface area contributed by atoms with Gasteiger partial charge in [0, 0.05) is 11.6 Å². The SMILES string of the molecule is C/C(=N/Nc1nc2ccccc2[nH]1)c1ccc(O)cc1O. The molecule has 3 rings (SSSR count). The fourth-order valence-electron chi connectivity index (χ4n) is 2.03. The first-order valence-corrected chi connectivity index (χ1v) is 6.41. The third-order valence-electron chi connectivity index (χ3n) is 3.09. The van der Waals surface area contributed by atoms with Gasteiger partial charge in [0.2, 0.25) is 5.95 Å². The van der Waals surface area contributed by atoms with E-state index in [-0.39, 0.29) is 11.5 Å². The minimum absolute atomic E-state index is 0.00860. The second-order valence-electron chi connectivity index (χ2n) is 4.61. The Bertz CT molecular complexity index is 790. The van der Waals surface area contributed by atoms with Gasteiger partial charge in [-0.15, -0.1) is 0 Å². The van der Waals surface area contributed by atoms with Crippen LogP contribution in [0.5, 0.6) is 11.5 Å². The van der Waals surface area contributed by atoms with Gasteiger partial charge in [-0.3, -0.25) is 0 Å². The standard InChI is InChI=1S/C15H14N4O2/c1-9(11-7-6-10(20)8-14(11)21)18-19-15-16-12-4-2-3-5-13(12)17-15/h2-8,20-21H,1H3,(H2,16,17,19)/b18-9-. The van der Waals surface area contributed by atoms with Gasteiger partial charge < -0.3 is 15.2 Å². The maximum atomic E-state index is 9.78. The fraction of sp³-hybridized carbons (Fsp3) is 0.0667. The van der Waals surface area contributed by atoms with Crippen molar-refractivity contribution in [3.63, 3.8) is 0 Å². The monoisotopic (exact) mass is 282 g/mol. The molecule has 0 atom stereocenters. The number of aromatic nitrogens is 2. The van der Waals surface area contributed by atoms with Crippen molar-refractivity contribution in [3.8, 4) is 11.5 Å². The zero-order chi connectivity index (χ0) is 14.8. The highest BCUT2D eigenvalue weighted by Gasteiger charge is 2.06. The Hall–Kier alpha value is -3.02. The van der Waals surface area contributed by atoms with E-state index in [9.17, 15) is 10.2 Å². The van der Waals surface area contributed by atoms with Gasteiger partial charge >= 0.3 is 0 Å². The van der Waals surface area contributed by atoms with E-state index in [4.69, 9.17) is 0 Å². The number of nitrogens with zero attached hydrogens (tertiary/aromatic N) is 2. The van der Waals surface area contributed by atoms with Crippen LogP contribution < -0.4 is 5.43 Å². The molecule has 0 unspecified atom stereocenters. The highest BCUT2D eigenvalue weighted by Crippen LogP contribution is 2.23. The molecule has 1 aromatic heterocycles. The lowest BCUT2D eigenvalue weighted by molar-refractivity contribution is 0.450. The average molecular weight is 282 g/mol. The Morgan fingerprint density at radius 2 is 2.00 bits per heavy atom. The zero-order valence-corrected chi connectivity index (χ0v) is 11.3. The summed E-state index contributed by atoms with van der Waals surface area (Å²) in [6.07, 6.45) is 0. The Morgan fingerprint density at radius 3 is 2.76 bits per heavy atom. The molecular weight excluding hydrogens is 268 g/mol. The number of rotatable bonds is 3. The maximum Gasteiger partial charge on any atom is 0.222 e. The zero-order valence-electron chi connectivity index (χ0n) is 11.3. The van der Waals surface area contributed by atoms with Crippen molar-refractivity contribution in [2.75, 3.05) is 5.43 Å². The molecule has 1 heterocycles. The molecular formula is C15H14N4O2. The molecule has 0 radical (unpaired) electrons. The summed E-state index contributed by atoms with van der Waals surface area (Å²) < 4.78 is 0. The summed E-state index contributed by atoms with van der Waals surface area (Å²) in [4.78, 5) is 7.43. The molecule has 0 saturated carbocycles. The van der Waals surface area contributed by atoms with Crippen LogP contribution in [0.4, 0.5) is 5.95 Å². The Labute approximate surface area is 120 Å². The van der Waals surface area contributed by atoms with Crippen molar-refractivity contribution in [2.45, 2.75) is 6.92 Å². The molecule has 0 fully saturated rings. The van der Waals surface area contributed by atoms with Gasteiger partial charge in [-0.1, -0.05) is 12.1 Å². The predicted molar refractivity (Wildman–Crippen MR) is 81.7 cm³/mol. The molecule has 6 heteroatoms. The van der Waals surface area contributed by atoms with Crippen molar-refractivity contribution in [3.05, 3.63) is 48.0 Å². The molecule has 106 valence electrons. The Balaban J connectivity index is 1.84. The molecule has 2 aromatic carbocycles. The van der Waals surface area contributed by atoms with Gasteiger partial charge in [0.05, 0.1) is 16.7 Å². The summed E-state index contributed by atoms with van der Waals surface area (Å²) in [7, 11) is 0. The van der Waals surface area contributed by atoms with Crippen molar-refractivity contribution in [2.24, 2.45) is 5.10 Å². The van der Waals surface area contributed by atoms with Crippen LogP contribution in [0.2, 0.25) is 0 Å². The molecule has 0 aliphatic carbocycles. The minimum Gasteiger partial charge on any atom is -0.508 e. The number of aromatic amines is 1. The second kappa shape index (κ2) is 5.16. The van der Waals surface area contributed by atoms with E-state index < -0.39 is 0 Å². The summed E-state index contributed by atoms with van der Waals surface area (Å²) in [5.74, 6) is 0.505. The number of anilines is 1. The van der Waals surface area contributed by atoms with Crippen LogP contribution in [0.25, 0.3) is 11.0 Å². The number of hydrogen-bond acceptors (Lipinski definition) is 5. The number of H-pyrrole nitrogens is 1. The third kappa shape index (κ3) is 2.64. The molecule has 21 heavy (non-hydrogen) atoms. The van der Waals surface area contributed by atoms with Gasteiger partial charge in [-0.25, -0.2) is 10.4 Å². The van der Waals surface area contributed by atoms with Crippen molar-refractivity contribution < 1.29 is 10.2 Å². The number of aromatic hydroxyl groups is 2. The maximum absolute atomic E-state index is 9.78. The van der Waals surface area contributed by atoms with Crippen LogP contribution in [-0.4, -0.2) is 25.9 Å². The number of fused-ring (bicyclic) bond motifs is 1. The molecule has 0 amide bonds. The average Bonchev–Trinajstić information content (AvgIpc) is 2.87. The molecule has 0 aliphatic rings. The van der Waals surface area contributed by atoms with E-state index >= 15 is 0 Å². The van der Waals surface area contributed by atoms with Gasteiger partial charge in [-0.05, 0) is 31.2 Å². The second-order valence-corrected chi connectivity index (χ2v) is 4.61. The van der Waals surface area contributed by atoms with Gasteiger partial charge in [-0.2, -0.15) is 5.10 Å². The minimum atomic E-state index is -0.0253. The summed E-state index contributed by atoms with van der Waals surface area (Å²) in [5, 5.41) is 23.2. The van der Waals surface area contributed by atoms with Gasteiger partial charge in [0.15, 0.2) is 0 Å². The number of phenolic OH excluding ortho intramolecular Hbond substituents is 2. The van der Waals surface area contributed by atoms with E-state index in [0.29, 0.717) is 17.2 Å². The molecule has 0 aliphatic heterocycles. The number of hydrazone groups is 1. The highest BCUT2D eigenvalue weighted by molar-refractivity contribution is 6.01. The largest absolute Gasteiger partial charge is 0.508 e. The molecule has 0 saturated heterocycles. The number of imidazole rings is 1. The van der Waals surface area contributed by atoms with Crippen LogP contribution >= 0.6 is 0 Å². The van der Waals surface area contributed by atoms with E-state index in [1.807, 2.05) is 24.3 Å². The van der Waals surface area contributed by atoms with E-state index in [2.05, 4.69) is 20.5 Å². The van der Waals surface area contributed by atoms with Crippen LogP contribution in [0.1, 0.15) is 12.5 Å². The first-order valence-electron chi connectivity index (χ1n) is 6.41. The lowest BCUT2D eigenvalue weighted by atomic mass is 10.1. The summed E-state index contributed by atoms with van der Waals surface area (Å²) in [6, 6.07) is 12.0. The number of phenols is 2. The quantitative estimate of drug-likeness (QED) is 0.439. The number of para-hydroxylation sites is 2. The lowest BCUT2D eigenvalue weighted by Crippen LogP contribution is -2.00. The van der Waals surface area contributed by atoms with Crippen molar-refractivity contribution in [1.82, 2.24) is 9.97 Å². The van der Waals surface area contributed by atoms with Gasteiger partial charge in [0.1, 0.15) is 11.5 Å². The van der Waals surface area contributed by atoms with Crippen LogP contribution in [0.3, 0.4) is 0 Å². The summed E-state index contributed by atoms with van der Waals surface area (Å²) >= 11 is 0. The first kappa shape index (κ1) is 13.0. The predicted octanol–water partition coefficient (Wildman–Crippen LogP) is 2.81. The van der Waals surface area contributed by atoms with E-state index in [1.54, 1.807) is 13.0 Å². The lowest BCUT2D eigenvalue weighted by Gasteiger charge is -2.04. The smallest absolute Gasteiger partial charge is 0.222 e. The Morgan fingerprint density at radius 1 is 1.19 bits per heavy atom. The van der Waals surface area contributed by atoms with Crippen LogP contribution in [-0.2, 0) is 0 Å². The number of nitrogens with one attached hydrogen (secondary N) is 2. The Kier molecular flexibility index (Phi) is 3.19. The highest BCUT2D eigenvalue weighted by atomic mass is 16.3. The van der Waals surface area contributed by atoms with E-state index in [1.165, 1.54) is 12.1 Å². The van der Waals surface area contributed by atoms with Crippen molar-refractivity contribution in [1.29, 1.82) is 0 Å². The number of hydrogen-bond donors (Lipinski definition) is 4. The topological polar surface area (TPSA) is 93.5 Å². The summed E-state index contributed by atoms with van der Waals surface area (Å²) in [5.41, 5.74) is 5.70. The molecule has 0 spiro atoms. The molecule has 3 aromatic rings. The van der Waals surface area contributed by atoms with Crippen molar-refractivity contribution >= 4 is 22.7 Å². The molecule has 0 bridgehead atoms. The first-order chi connectivity index (χ1) is 10.1. The molecule has 6 nitrogen and oxygen atoms in total. The van der Waals surface area contributed by atoms with Gasteiger partial charge in [0.25, 0.3) is 0 Å². The molecule has 4 N–H and O–H groups in total. The summed E-state index contributed by atoms with van der Waals surface area (Å²) in [6.45, 7) is 1.75. The fourth-order valence-corrected chi connectivity index (χ4v) is 2.03. The van der Waals surface area contributed by atoms with E-state index in [0.717, 1.165) is 11.0 Å². The van der Waals surface area contributed by atoms with Crippen LogP contribution in [0, 0.1) is 0 Å². The third-order valence-corrected chi connectivity index (χ3v) is 3.09. The normalized spacial score (nSPS) is 11.8. The number of benzene rings is 2. The van der Waals surface area contributed by atoms with Crippen LogP contribution in [0.15, 0.2) is 47.6 Å².